The molecule has 16 heavy (non-hydrogen) atoms. The van der Waals surface area contributed by atoms with E-state index in [0.29, 0.717) is 0 Å². The zero-order chi connectivity index (χ0) is 12.1. The van der Waals surface area contributed by atoms with Gasteiger partial charge in [-0.25, -0.2) is 0 Å². The van der Waals surface area contributed by atoms with Crippen LogP contribution in [0.3, 0.4) is 0 Å². The lowest BCUT2D eigenvalue weighted by Crippen LogP contribution is -1.84. The van der Waals surface area contributed by atoms with E-state index in [1.807, 2.05) is 37.4 Å². The lowest BCUT2D eigenvalue weighted by molar-refractivity contribution is 0.624. The van der Waals surface area contributed by atoms with Crippen LogP contribution in [0.4, 0.5) is 5.69 Å². The van der Waals surface area contributed by atoms with Gasteiger partial charge in [-0.1, -0.05) is 70.6 Å². The molecule has 0 saturated carbocycles. The molecule has 0 amide bonds. The molecular formula is C15H27N. The Bertz CT molecular complexity index is 212. The van der Waals surface area contributed by atoms with Crippen LogP contribution in [0.5, 0.6) is 0 Å². The monoisotopic (exact) mass is 221 g/mol. The number of nitrogens with one attached hydrogen (secondary N) is 1. The Morgan fingerprint density at radius 2 is 1.31 bits per heavy atom. The van der Waals surface area contributed by atoms with E-state index in [1.54, 1.807) is 0 Å². The fourth-order valence-electron chi connectivity index (χ4n) is 1.46. The van der Waals surface area contributed by atoms with Crippen molar-refractivity contribution in [1.82, 2.24) is 0 Å². The Labute approximate surface area is 101 Å². The highest BCUT2D eigenvalue weighted by Gasteiger charge is 1.83. The molecule has 1 heteroatoms. The predicted molar refractivity (Wildman–Crippen MR) is 75.0 cm³/mol. The molecular weight excluding hydrogens is 194 g/mol. The molecule has 92 valence electrons. The van der Waals surface area contributed by atoms with E-state index in [0.717, 1.165) is 5.69 Å². The van der Waals surface area contributed by atoms with Crippen LogP contribution in [0.15, 0.2) is 30.3 Å². The quantitative estimate of drug-likeness (QED) is 0.659. The first-order chi connectivity index (χ1) is 7.85. The Balaban J connectivity index is 0.000000281. The first kappa shape index (κ1) is 15.0. The lowest BCUT2D eigenvalue weighted by atomic mass is 10.1. The van der Waals surface area contributed by atoms with Crippen molar-refractivity contribution < 1.29 is 0 Å². The summed E-state index contributed by atoms with van der Waals surface area (Å²) >= 11 is 0. The van der Waals surface area contributed by atoms with Crippen LogP contribution in [0.25, 0.3) is 0 Å². The summed E-state index contributed by atoms with van der Waals surface area (Å²) in [6, 6.07) is 10.1. The molecule has 0 fully saturated rings. The molecule has 0 aliphatic carbocycles. The lowest BCUT2D eigenvalue weighted by Gasteiger charge is -1.94. The van der Waals surface area contributed by atoms with Gasteiger partial charge >= 0.3 is 0 Å². The Morgan fingerprint density at radius 3 is 1.62 bits per heavy atom. The molecule has 0 unspecified atom stereocenters. The number of rotatable bonds is 6. The molecule has 1 aromatic rings. The fraction of sp³-hybridized carbons (Fsp3) is 0.600. The van der Waals surface area contributed by atoms with Crippen molar-refractivity contribution >= 4 is 5.69 Å². The summed E-state index contributed by atoms with van der Waals surface area (Å²) in [6.45, 7) is 4.51. The maximum absolute atomic E-state index is 3.03. The van der Waals surface area contributed by atoms with Gasteiger partial charge in [0.1, 0.15) is 0 Å². The first-order valence-electron chi connectivity index (χ1n) is 6.57. The largest absolute Gasteiger partial charge is 0.388 e. The Kier molecular flexibility index (Phi) is 11.4. The van der Waals surface area contributed by atoms with E-state index in [1.165, 1.54) is 38.5 Å². The van der Waals surface area contributed by atoms with Gasteiger partial charge in [-0.3, -0.25) is 0 Å². The second-order valence-electron chi connectivity index (χ2n) is 4.03. The summed E-state index contributed by atoms with van der Waals surface area (Å²) in [5.41, 5.74) is 1.16. The third kappa shape index (κ3) is 9.57. The van der Waals surface area contributed by atoms with E-state index >= 15 is 0 Å². The molecule has 0 aliphatic heterocycles. The van der Waals surface area contributed by atoms with Crippen LogP contribution in [-0.2, 0) is 0 Å². The van der Waals surface area contributed by atoms with Crippen molar-refractivity contribution in [3.63, 3.8) is 0 Å². The van der Waals surface area contributed by atoms with Gasteiger partial charge in [-0.15, -0.1) is 0 Å². The molecule has 0 radical (unpaired) electrons. The minimum Gasteiger partial charge on any atom is -0.388 e. The predicted octanol–water partition coefficient (Wildman–Crippen LogP) is 5.10. The van der Waals surface area contributed by atoms with Crippen LogP contribution in [0.2, 0.25) is 0 Å². The molecule has 0 bridgehead atoms. The second-order valence-corrected chi connectivity index (χ2v) is 4.03. The topological polar surface area (TPSA) is 12.0 Å². The van der Waals surface area contributed by atoms with E-state index in [2.05, 4.69) is 19.2 Å². The van der Waals surface area contributed by atoms with Gasteiger partial charge in [0.2, 0.25) is 0 Å². The van der Waals surface area contributed by atoms with Crippen LogP contribution in [0, 0.1) is 0 Å². The highest BCUT2D eigenvalue weighted by Crippen LogP contribution is 2.03. The summed E-state index contributed by atoms with van der Waals surface area (Å²) in [5.74, 6) is 0. The zero-order valence-electron chi connectivity index (χ0n) is 11.1. The summed E-state index contributed by atoms with van der Waals surface area (Å²) in [4.78, 5) is 0. The van der Waals surface area contributed by atoms with Crippen molar-refractivity contribution in [2.45, 2.75) is 52.4 Å². The Morgan fingerprint density at radius 1 is 0.812 bits per heavy atom. The molecule has 0 spiro atoms. The van der Waals surface area contributed by atoms with E-state index in [-0.39, 0.29) is 0 Å². The average Bonchev–Trinajstić information content (AvgIpc) is 2.36. The van der Waals surface area contributed by atoms with Crippen molar-refractivity contribution in [3.8, 4) is 0 Å². The van der Waals surface area contributed by atoms with Crippen molar-refractivity contribution in [2.24, 2.45) is 0 Å². The third-order valence-electron chi connectivity index (χ3n) is 2.52. The van der Waals surface area contributed by atoms with Crippen LogP contribution >= 0.6 is 0 Å². The zero-order valence-corrected chi connectivity index (χ0v) is 11.1. The van der Waals surface area contributed by atoms with E-state index < -0.39 is 0 Å². The normalized spacial score (nSPS) is 9.19. The molecule has 1 nitrogen and oxygen atoms in total. The SMILES string of the molecule is CCCCCCCC.CNc1ccccc1. The smallest absolute Gasteiger partial charge is 0.0337 e. The number of para-hydroxylation sites is 1. The summed E-state index contributed by atoms with van der Waals surface area (Å²) in [7, 11) is 1.91. The molecule has 0 atom stereocenters. The van der Waals surface area contributed by atoms with Crippen molar-refractivity contribution in [2.75, 3.05) is 12.4 Å². The number of hydrogen-bond acceptors (Lipinski definition) is 1. The number of hydrogen-bond donors (Lipinski definition) is 1. The molecule has 0 aliphatic rings. The first-order valence-corrected chi connectivity index (χ1v) is 6.57. The summed E-state index contributed by atoms with van der Waals surface area (Å²) in [5, 5.41) is 3.03. The molecule has 0 aromatic heterocycles. The van der Waals surface area contributed by atoms with Crippen LogP contribution < -0.4 is 5.32 Å². The summed E-state index contributed by atoms with van der Waals surface area (Å²) < 4.78 is 0. The molecule has 0 heterocycles. The standard InChI is InChI=1S/C8H18.C7H9N/c1-3-5-7-8-6-4-2;1-8-7-5-3-2-4-6-7/h3-8H2,1-2H3;2-6,8H,1H3. The Hall–Kier alpha value is -0.980. The van der Waals surface area contributed by atoms with Gasteiger partial charge < -0.3 is 5.32 Å². The molecule has 1 N–H and O–H groups in total. The van der Waals surface area contributed by atoms with Gasteiger partial charge in [-0.2, -0.15) is 0 Å². The van der Waals surface area contributed by atoms with E-state index in [9.17, 15) is 0 Å². The molecule has 1 aromatic carbocycles. The minimum absolute atomic E-state index is 1.16. The number of unbranched alkanes of at least 4 members (excludes halogenated alkanes) is 5. The highest BCUT2D eigenvalue weighted by molar-refractivity contribution is 5.41. The van der Waals surface area contributed by atoms with Crippen LogP contribution in [0.1, 0.15) is 52.4 Å². The van der Waals surface area contributed by atoms with Crippen molar-refractivity contribution in [1.29, 1.82) is 0 Å². The fourth-order valence-corrected chi connectivity index (χ4v) is 1.46. The van der Waals surface area contributed by atoms with Crippen molar-refractivity contribution in [3.05, 3.63) is 30.3 Å². The average molecular weight is 221 g/mol. The second kappa shape index (κ2) is 12.1. The van der Waals surface area contributed by atoms with Gasteiger partial charge in [0, 0.05) is 12.7 Å². The van der Waals surface area contributed by atoms with Gasteiger partial charge in [0.25, 0.3) is 0 Å². The van der Waals surface area contributed by atoms with Crippen LogP contribution in [-0.4, -0.2) is 7.05 Å². The highest BCUT2D eigenvalue weighted by atomic mass is 14.8. The maximum Gasteiger partial charge on any atom is 0.0337 e. The third-order valence-corrected chi connectivity index (χ3v) is 2.52. The summed E-state index contributed by atoms with van der Waals surface area (Å²) in [6.07, 6.45) is 8.49. The van der Waals surface area contributed by atoms with E-state index in [4.69, 9.17) is 0 Å². The van der Waals surface area contributed by atoms with Gasteiger partial charge in [-0.05, 0) is 12.1 Å². The minimum atomic E-state index is 1.16. The maximum atomic E-state index is 3.03. The number of anilines is 1. The molecule has 1 rings (SSSR count). The molecule has 0 saturated heterocycles. The number of benzene rings is 1. The van der Waals surface area contributed by atoms with Gasteiger partial charge in [0.15, 0.2) is 0 Å². The van der Waals surface area contributed by atoms with Gasteiger partial charge in [0.05, 0.1) is 0 Å².